The molecule has 0 saturated heterocycles. The molecule has 0 aliphatic carbocycles. The van der Waals surface area contributed by atoms with Gasteiger partial charge in [0.1, 0.15) is 0 Å². The summed E-state index contributed by atoms with van der Waals surface area (Å²) in [4.78, 5) is 0. The van der Waals surface area contributed by atoms with Gasteiger partial charge >= 0.3 is 0 Å². The predicted octanol–water partition coefficient (Wildman–Crippen LogP) is 3.31. The average Bonchev–Trinajstić information content (AvgIpc) is 2.72. The minimum atomic E-state index is 0.133. The van der Waals surface area contributed by atoms with E-state index >= 15 is 0 Å². The fourth-order valence-electron chi connectivity index (χ4n) is 2.09. The number of hydrogen-bond acceptors (Lipinski definition) is 3. The van der Waals surface area contributed by atoms with E-state index in [4.69, 9.17) is 16.3 Å². The van der Waals surface area contributed by atoms with Crippen LogP contribution in [0.3, 0.4) is 0 Å². The molecule has 0 fully saturated rings. The van der Waals surface area contributed by atoms with E-state index in [1.165, 1.54) is 0 Å². The minimum Gasteiger partial charge on any atom is -0.383 e. The van der Waals surface area contributed by atoms with Crippen molar-refractivity contribution in [1.82, 2.24) is 15.1 Å². The molecule has 1 aromatic rings. The first kappa shape index (κ1) is 17.5. The lowest BCUT2D eigenvalue weighted by Crippen LogP contribution is -2.39. The lowest BCUT2D eigenvalue weighted by atomic mass is 9.91. The van der Waals surface area contributed by atoms with Gasteiger partial charge in [-0.2, -0.15) is 5.10 Å². The SMILES string of the molecule is COCCn1ncc(Cl)c1C(C)C(C)CNC(C)(C)C. The maximum Gasteiger partial charge on any atom is 0.0820 e. The zero-order chi connectivity index (χ0) is 15.3. The van der Waals surface area contributed by atoms with E-state index < -0.39 is 0 Å². The quantitative estimate of drug-likeness (QED) is 0.840. The molecule has 5 heteroatoms. The molecule has 0 aromatic carbocycles. The van der Waals surface area contributed by atoms with Crippen LogP contribution in [0, 0.1) is 5.92 Å². The Hall–Kier alpha value is -0.580. The summed E-state index contributed by atoms with van der Waals surface area (Å²) in [6.07, 6.45) is 1.73. The number of halogens is 1. The Kier molecular flexibility index (Phi) is 6.49. The van der Waals surface area contributed by atoms with Crippen molar-refractivity contribution in [3.63, 3.8) is 0 Å². The zero-order valence-corrected chi connectivity index (χ0v) is 14.3. The van der Waals surface area contributed by atoms with Crippen molar-refractivity contribution >= 4 is 11.6 Å². The topological polar surface area (TPSA) is 39.1 Å². The van der Waals surface area contributed by atoms with Crippen LogP contribution in [0.15, 0.2) is 6.20 Å². The van der Waals surface area contributed by atoms with Crippen LogP contribution >= 0.6 is 11.6 Å². The lowest BCUT2D eigenvalue weighted by Gasteiger charge is -2.27. The number of hydrogen-bond donors (Lipinski definition) is 1. The van der Waals surface area contributed by atoms with E-state index in [2.05, 4.69) is 45.0 Å². The zero-order valence-electron chi connectivity index (χ0n) is 13.5. The Labute approximate surface area is 127 Å². The third-order valence-electron chi connectivity index (χ3n) is 3.58. The van der Waals surface area contributed by atoms with Crippen molar-refractivity contribution in [2.75, 3.05) is 20.3 Å². The van der Waals surface area contributed by atoms with E-state index in [0.29, 0.717) is 18.4 Å². The highest BCUT2D eigenvalue weighted by Gasteiger charge is 2.23. The van der Waals surface area contributed by atoms with E-state index in [1.807, 2.05) is 4.68 Å². The van der Waals surface area contributed by atoms with Gasteiger partial charge in [0.05, 0.1) is 30.1 Å². The van der Waals surface area contributed by atoms with Gasteiger partial charge in [0.25, 0.3) is 0 Å². The molecule has 0 spiro atoms. The van der Waals surface area contributed by atoms with Gasteiger partial charge in [-0.15, -0.1) is 0 Å². The van der Waals surface area contributed by atoms with Gasteiger partial charge < -0.3 is 10.1 Å². The summed E-state index contributed by atoms with van der Waals surface area (Å²) in [7, 11) is 1.70. The largest absolute Gasteiger partial charge is 0.383 e. The van der Waals surface area contributed by atoms with E-state index in [9.17, 15) is 0 Å². The highest BCUT2D eigenvalue weighted by molar-refractivity contribution is 6.31. The average molecular weight is 302 g/mol. The molecule has 0 bridgehead atoms. The molecular formula is C15H28ClN3O. The molecule has 0 aliphatic heterocycles. The van der Waals surface area contributed by atoms with Crippen molar-refractivity contribution in [3.05, 3.63) is 16.9 Å². The number of ether oxygens (including phenoxy) is 1. The van der Waals surface area contributed by atoms with E-state index in [1.54, 1.807) is 13.3 Å². The molecule has 1 rings (SSSR count). The van der Waals surface area contributed by atoms with Gasteiger partial charge in [-0.25, -0.2) is 0 Å². The Bertz CT molecular complexity index is 412. The van der Waals surface area contributed by atoms with Crippen LogP contribution in [0.4, 0.5) is 0 Å². The number of rotatable bonds is 7. The smallest absolute Gasteiger partial charge is 0.0820 e. The number of methoxy groups -OCH3 is 1. The summed E-state index contributed by atoms with van der Waals surface area (Å²) in [6.45, 7) is 13.3. The van der Waals surface area contributed by atoms with Crippen LogP contribution in [0.25, 0.3) is 0 Å². The van der Waals surface area contributed by atoms with E-state index in [-0.39, 0.29) is 5.54 Å². The number of nitrogens with one attached hydrogen (secondary N) is 1. The molecular weight excluding hydrogens is 274 g/mol. The second-order valence-corrected chi connectivity index (χ2v) is 6.90. The molecule has 4 nitrogen and oxygen atoms in total. The Morgan fingerprint density at radius 2 is 2.05 bits per heavy atom. The van der Waals surface area contributed by atoms with Gasteiger partial charge in [0, 0.05) is 18.6 Å². The standard InChI is InChI=1S/C15H28ClN3O/c1-11(9-17-15(3,4)5)12(2)14-13(16)10-18-19(14)7-8-20-6/h10-12,17H,7-9H2,1-6H3. The number of nitrogens with zero attached hydrogens (tertiary/aromatic N) is 2. The Balaban J connectivity index is 2.74. The highest BCUT2D eigenvalue weighted by Crippen LogP contribution is 2.30. The molecule has 0 amide bonds. The molecule has 1 N–H and O–H groups in total. The first-order valence-corrected chi connectivity index (χ1v) is 7.59. The maximum atomic E-state index is 6.31. The van der Waals surface area contributed by atoms with Crippen LogP contribution in [0.1, 0.15) is 46.2 Å². The van der Waals surface area contributed by atoms with Gasteiger partial charge in [0.2, 0.25) is 0 Å². The van der Waals surface area contributed by atoms with Gasteiger partial charge in [0.15, 0.2) is 0 Å². The molecule has 20 heavy (non-hydrogen) atoms. The predicted molar refractivity (Wildman–Crippen MR) is 84.4 cm³/mol. The lowest BCUT2D eigenvalue weighted by molar-refractivity contribution is 0.181. The molecule has 2 atom stereocenters. The molecule has 0 saturated carbocycles. The summed E-state index contributed by atoms with van der Waals surface area (Å²) < 4.78 is 7.09. The molecule has 1 heterocycles. The summed E-state index contributed by atoms with van der Waals surface area (Å²) >= 11 is 6.31. The second-order valence-electron chi connectivity index (χ2n) is 6.49. The van der Waals surface area contributed by atoms with Gasteiger partial charge in [-0.1, -0.05) is 25.4 Å². The fourth-order valence-corrected chi connectivity index (χ4v) is 2.41. The Morgan fingerprint density at radius 1 is 1.40 bits per heavy atom. The van der Waals surface area contributed by atoms with Crippen molar-refractivity contribution in [3.8, 4) is 0 Å². The van der Waals surface area contributed by atoms with Gasteiger partial charge in [-0.05, 0) is 33.2 Å². The minimum absolute atomic E-state index is 0.133. The first-order chi connectivity index (χ1) is 9.26. The van der Waals surface area contributed by atoms with Crippen molar-refractivity contribution in [2.45, 2.75) is 52.6 Å². The third kappa shape index (κ3) is 5.08. The van der Waals surface area contributed by atoms with Crippen LogP contribution in [-0.2, 0) is 11.3 Å². The molecule has 0 aliphatic rings. The summed E-state index contributed by atoms with van der Waals surface area (Å²) in [6, 6.07) is 0. The van der Waals surface area contributed by atoms with Crippen LogP contribution in [-0.4, -0.2) is 35.6 Å². The summed E-state index contributed by atoms with van der Waals surface area (Å²) in [5.74, 6) is 0.821. The third-order valence-corrected chi connectivity index (χ3v) is 3.87. The van der Waals surface area contributed by atoms with Crippen LogP contribution in [0.5, 0.6) is 0 Å². The fraction of sp³-hybridized carbons (Fsp3) is 0.800. The normalized spacial score (nSPS) is 15.3. The van der Waals surface area contributed by atoms with Crippen molar-refractivity contribution in [1.29, 1.82) is 0 Å². The second kappa shape index (κ2) is 7.43. The highest BCUT2D eigenvalue weighted by atomic mass is 35.5. The van der Waals surface area contributed by atoms with Gasteiger partial charge in [-0.3, -0.25) is 4.68 Å². The molecule has 2 unspecified atom stereocenters. The summed E-state index contributed by atoms with van der Waals surface area (Å²) in [5.41, 5.74) is 1.24. The van der Waals surface area contributed by atoms with Crippen molar-refractivity contribution in [2.24, 2.45) is 5.92 Å². The Morgan fingerprint density at radius 3 is 2.60 bits per heavy atom. The van der Waals surface area contributed by atoms with Crippen LogP contribution in [0.2, 0.25) is 5.02 Å². The first-order valence-electron chi connectivity index (χ1n) is 7.21. The molecule has 1 aromatic heterocycles. The maximum absolute atomic E-state index is 6.31. The van der Waals surface area contributed by atoms with Crippen LogP contribution < -0.4 is 5.32 Å². The number of aromatic nitrogens is 2. The monoisotopic (exact) mass is 301 g/mol. The van der Waals surface area contributed by atoms with E-state index in [0.717, 1.165) is 23.8 Å². The summed E-state index contributed by atoms with van der Waals surface area (Å²) in [5, 5.41) is 8.65. The molecule has 116 valence electrons. The van der Waals surface area contributed by atoms with Crippen molar-refractivity contribution < 1.29 is 4.74 Å². The molecule has 0 radical (unpaired) electrons.